The minimum atomic E-state index is -4.50. The van der Waals surface area contributed by atoms with Gasteiger partial charge in [-0.15, -0.1) is 0 Å². The number of carbonyl (C=O) groups excluding carboxylic acids is 3. The number of likely N-dealkylation sites (N-methyl/N-ethyl adjacent to an activating group) is 1. The highest BCUT2D eigenvalue weighted by Crippen LogP contribution is 2.31. The average Bonchev–Trinajstić information content (AvgIpc) is 3.01. The van der Waals surface area contributed by atoms with Crippen molar-refractivity contribution < 1.29 is 42.1 Å². The van der Waals surface area contributed by atoms with Crippen LogP contribution in [0.4, 0.5) is 34.1 Å². The maximum absolute atomic E-state index is 14.3. The molecule has 1 aliphatic heterocycles. The molecular weight excluding hydrogens is 631 g/mol. The number of hydrogen-bond acceptors (Lipinski definition) is 6. The molecule has 0 aromatic heterocycles. The average molecular weight is 680 g/mol. The summed E-state index contributed by atoms with van der Waals surface area (Å²) < 4.78 is 51.3. The molecule has 1 aliphatic rings. The van der Waals surface area contributed by atoms with Gasteiger partial charge in [0.25, 0.3) is 5.91 Å². The second-order valence-corrected chi connectivity index (χ2v) is 12.6. The summed E-state index contributed by atoms with van der Waals surface area (Å²) in [6.07, 6.45) is -2.93. The number of anilines is 2. The number of benzene rings is 2. The van der Waals surface area contributed by atoms with E-state index in [1.165, 1.54) is 11.0 Å². The maximum Gasteiger partial charge on any atom is 0.416 e. The van der Waals surface area contributed by atoms with Crippen LogP contribution in [0.2, 0.25) is 0 Å². The van der Waals surface area contributed by atoms with Crippen molar-refractivity contribution in [3.63, 3.8) is 0 Å². The van der Waals surface area contributed by atoms with E-state index < -0.39 is 35.8 Å². The second-order valence-electron chi connectivity index (χ2n) is 12.6. The first-order valence-electron chi connectivity index (χ1n) is 16.2. The number of nitrogens with zero attached hydrogens (tertiary/aromatic N) is 2. The zero-order valence-corrected chi connectivity index (χ0v) is 28.4. The van der Waals surface area contributed by atoms with Crippen LogP contribution in [0.3, 0.4) is 0 Å². The lowest BCUT2D eigenvalue weighted by Gasteiger charge is -2.36. The Morgan fingerprint density at radius 2 is 1.69 bits per heavy atom. The number of aliphatic hydroxyl groups is 1. The van der Waals surface area contributed by atoms with E-state index in [4.69, 9.17) is 9.47 Å². The zero-order valence-electron chi connectivity index (χ0n) is 28.4. The van der Waals surface area contributed by atoms with Crippen molar-refractivity contribution in [3.05, 3.63) is 53.6 Å². The quantitative estimate of drug-likeness (QED) is 0.276. The molecule has 0 radical (unpaired) electrons. The van der Waals surface area contributed by atoms with Crippen molar-refractivity contribution in [2.45, 2.75) is 84.3 Å². The first-order valence-corrected chi connectivity index (χ1v) is 16.2. The highest BCUT2D eigenvalue weighted by atomic mass is 19.4. The van der Waals surface area contributed by atoms with Crippen molar-refractivity contribution in [3.8, 4) is 5.75 Å². The normalized spacial score (nSPS) is 20.2. The van der Waals surface area contributed by atoms with Crippen molar-refractivity contribution in [1.29, 1.82) is 0 Å². The fraction of sp³-hybridized carbons (Fsp3) is 0.559. The summed E-state index contributed by atoms with van der Waals surface area (Å²) >= 11 is 0. The second kappa shape index (κ2) is 17.4. The lowest BCUT2D eigenvalue weighted by molar-refractivity contribution is -0.137. The third-order valence-electron chi connectivity index (χ3n) is 7.99. The van der Waals surface area contributed by atoms with Gasteiger partial charge in [0.2, 0.25) is 0 Å². The molecule has 5 amide bonds. The summed E-state index contributed by atoms with van der Waals surface area (Å²) in [5.74, 6) is -0.391. The SMILES string of the molecule is CC(C)NC(=O)N(C)C[C@H]1OCCCC[C@@H](C)Oc2ccc(NC(=O)Nc3ccc(C(F)(F)F)cc3)cc2C(=O)N([C@@H](C)CO)C[C@H]1C. The number of aliphatic hydroxyl groups excluding tert-OH is 1. The molecule has 0 aliphatic carbocycles. The van der Waals surface area contributed by atoms with E-state index >= 15 is 0 Å². The maximum atomic E-state index is 14.3. The largest absolute Gasteiger partial charge is 0.490 e. The molecule has 0 saturated carbocycles. The minimum absolute atomic E-state index is 0.0413. The zero-order chi connectivity index (χ0) is 35.6. The molecule has 0 fully saturated rings. The lowest BCUT2D eigenvalue weighted by atomic mass is 10.0. The van der Waals surface area contributed by atoms with Crippen molar-refractivity contribution in [1.82, 2.24) is 15.1 Å². The molecule has 11 nitrogen and oxygen atoms in total. The van der Waals surface area contributed by atoms with E-state index in [1.54, 1.807) is 31.0 Å². The molecule has 3 rings (SSSR count). The van der Waals surface area contributed by atoms with Crippen LogP contribution in [0.25, 0.3) is 0 Å². The molecule has 0 unspecified atom stereocenters. The van der Waals surface area contributed by atoms with Crippen LogP contribution in [-0.2, 0) is 10.9 Å². The lowest BCUT2D eigenvalue weighted by Crippen LogP contribution is -2.49. The summed E-state index contributed by atoms with van der Waals surface area (Å²) in [5, 5.41) is 18.1. The van der Waals surface area contributed by atoms with Gasteiger partial charge in [0.1, 0.15) is 5.75 Å². The number of urea groups is 2. The Hall–Kier alpha value is -4.04. The molecule has 48 heavy (non-hydrogen) atoms. The summed E-state index contributed by atoms with van der Waals surface area (Å²) in [4.78, 5) is 42.8. The highest BCUT2D eigenvalue weighted by molar-refractivity contribution is 6.02. The molecule has 4 N–H and O–H groups in total. The number of alkyl halides is 3. The van der Waals surface area contributed by atoms with Crippen LogP contribution < -0.4 is 20.7 Å². The van der Waals surface area contributed by atoms with Crippen molar-refractivity contribution >= 4 is 29.3 Å². The monoisotopic (exact) mass is 679 g/mol. The summed E-state index contributed by atoms with van der Waals surface area (Å²) in [6.45, 7) is 9.91. The molecule has 0 saturated heterocycles. The van der Waals surface area contributed by atoms with Gasteiger partial charge in [-0.3, -0.25) is 4.79 Å². The molecule has 266 valence electrons. The number of rotatable bonds is 7. The summed E-state index contributed by atoms with van der Waals surface area (Å²) in [7, 11) is 1.69. The number of halogens is 3. The first-order chi connectivity index (χ1) is 22.6. The number of carbonyl (C=O) groups is 3. The van der Waals surface area contributed by atoms with Crippen LogP contribution in [-0.4, -0.2) is 90.5 Å². The Morgan fingerprint density at radius 1 is 1.04 bits per heavy atom. The molecule has 2 aromatic carbocycles. The summed E-state index contributed by atoms with van der Waals surface area (Å²) in [6, 6.07) is 7.05. The number of hydrogen-bond donors (Lipinski definition) is 4. The van der Waals surface area contributed by atoms with Crippen molar-refractivity contribution in [2.24, 2.45) is 5.92 Å². The Bertz CT molecular complexity index is 1370. The molecule has 14 heteroatoms. The molecule has 4 atom stereocenters. The third-order valence-corrected chi connectivity index (χ3v) is 7.99. The van der Waals surface area contributed by atoms with Gasteiger partial charge in [-0.1, -0.05) is 6.92 Å². The van der Waals surface area contributed by atoms with Gasteiger partial charge in [0, 0.05) is 50.1 Å². The number of nitrogens with one attached hydrogen (secondary N) is 3. The van der Waals surface area contributed by atoms with Gasteiger partial charge in [-0.05, 0) is 89.4 Å². The van der Waals surface area contributed by atoms with Crippen LogP contribution in [0.5, 0.6) is 5.75 Å². The van der Waals surface area contributed by atoms with E-state index in [0.29, 0.717) is 18.8 Å². The summed E-state index contributed by atoms with van der Waals surface area (Å²) in [5.41, 5.74) is -0.296. The van der Waals surface area contributed by atoms with Gasteiger partial charge in [0.15, 0.2) is 0 Å². The van der Waals surface area contributed by atoms with Crippen LogP contribution in [0.15, 0.2) is 42.5 Å². The minimum Gasteiger partial charge on any atom is -0.490 e. The van der Waals surface area contributed by atoms with E-state index in [1.807, 2.05) is 27.7 Å². The van der Waals surface area contributed by atoms with Crippen LogP contribution >= 0.6 is 0 Å². The predicted molar refractivity (Wildman–Crippen MR) is 177 cm³/mol. The van der Waals surface area contributed by atoms with Crippen LogP contribution in [0.1, 0.15) is 69.8 Å². The topological polar surface area (TPSA) is 132 Å². The van der Waals surface area contributed by atoms with E-state index in [-0.39, 0.29) is 60.7 Å². The smallest absolute Gasteiger partial charge is 0.416 e. The number of ether oxygens (including phenoxy) is 2. The van der Waals surface area contributed by atoms with E-state index in [0.717, 1.165) is 37.1 Å². The van der Waals surface area contributed by atoms with Crippen LogP contribution in [0, 0.1) is 5.92 Å². The fourth-order valence-electron chi connectivity index (χ4n) is 5.21. The molecule has 2 aromatic rings. The standard InChI is InChI=1S/C34H48F3N5O6/c1-21(2)38-33(46)41(6)19-30-22(3)18-42(23(4)20-43)31(44)28-17-27(14-15-29(28)48-24(5)9-7-8-16-47-30)40-32(45)39-26-12-10-25(11-13-26)34(35,36)37/h10-15,17,21-24,30,43H,7-9,16,18-20H2,1-6H3,(H,38,46)(H2,39,40,45)/t22-,23+,24-,30-/m1/s1. The van der Waals surface area contributed by atoms with Gasteiger partial charge in [0.05, 0.1) is 36.0 Å². The molecule has 0 bridgehead atoms. The Balaban J connectivity index is 1.89. The number of fused-ring (bicyclic) bond motifs is 1. The Morgan fingerprint density at radius 3 is 2.31 bits per heavy atom. The fourth-order valence-corrected chi connectivity index (χ4v) is 5.21. The van der Waals surface area contributed by atoms with Gasteiger partial charge < -0.3 is 40.3 Å². The molecular formula is C34H48F3N5O6. The first kappa shape index (κ1) is 38.4. The third kappa shape index (κ3) is 11.3. The van der Waals surface area contributed by atoms with Crippen molar-refractivity contribution in [2.75, 3.05) is 44.0 Å². The molecule has 0 spiro atoms. The highest BCUT2D eigenvalue weighted by Gasteiger charge is 2.32. The Kier molecular flexibility index (Phi) is 13.9. The van der Waals surface area contributed by atoms with Gasteiger partial charge in [-0.2, -0.15) is 13.2 Å². The number of amides is 5. The Labute approximate surface area is 280 Å². The molecule has 1 heterocycles. The van der Waals surface area contributed by atoms with E-state index in [9.17, 15) is 32.7 Å². The van der Waals surface area contributed by atoms with Gasteiger partial charge in [-0.25, -0.2) is 9.59 Å². The van der Waals surface area contributed by atoms with E-state index in [2.05, 4.69) is 16.0 Å². The van der Waals surface area contributed by atoms with Gasteiger partial charge >= 0.3 is 18.2 Å². The predicted octanol–water partition coefficient (Wildman–Crippen LogP) is 6.19.